The molecule has 0 radical (unpaired) electrons. The summed E-state index contributed by atoms with van der Waals surface area (Å²) >= 11 is 12.1. The predicted octanol–water partition coefficient (Wildman–Crippen LogP) is 6.06. The van der Waals surface area contributed by atoms with Gasteiger partial charge in [0.2, 0.25) is 0 Å². The van der Waals surface area contributed by atoms with E-state index in [2.05, 4.69) is 21.2 Å². The molecule has 0 spiro atoms. The zero-order valence-corrected chi connectivity index (χ0v) is 23.4. The lowest BCUT2D eigenvalue weighted by Crippen LogP contribution is -2.47. The first-order chi connectivity index (χ1) is 18.3. The molecule has 1 saturated heterocycles. The zero-order valence-electron chi connectivity index (χ0n) is 21.8. The summed E-state index contributed by atoms with van der Waals surface area (Å²) in [7, 11) is 1.68. The summed E-state index contributed by atoms with van der Waals surface area (Å²) in [5, 5.41) is 3.64. The fourth-order valence-electron chi connectivity index (χ4n) is 4.71. The fourth-order valence-corrected chi connectivity index (χ4v) is 5.24. The molecule has 1 heterocycles. The highest BCUT2D eigenvalue weighted by atomic mass is 35.5. The lowest BCUT2D eigenvalue weighted by atomic mass is 10.1. The highest BCUT2D eigenvalue weighted by molar-refractivity contribution is 6.35. The molecular formula is C29H32Cl2N4O3. The number of piperazine rings is 1. The number of ether oxygens (including phenoxy) is 1. The molecule has 0 atom stereocenters. The summed E-state index contributed by atoms with van der Waals surface area (Å²) in [6, 6.07) is 18.2. The number of carbonyl (C=O) groups is 2. The van der Waals surface area contributed by atoms with Crippen molar-refractivity contribution in [1.82, 2.24) is 4.90 Å². The van der Waals surface area contributed by atoms with E-state index in [1.54, 1.807) is 36.3 Å². The van der Waals surface area contributed by atoms with Crippen LogP contribution in [0.15, 0.2) is 60.7 Å². The smallest absolute Gasteiger partial charge is 0.256 e. The third-order valence-electron chi connectivity index (χ3n) is 6.71. The molecule has 200 valence electrons. The van der Waals surface area contributed by atoms with Crippen LogP contribution >= 0.6 is 23.2 Å². The predicted molar refractivity (Wildman–Crippen MR) is 156 cm³/mol. The first kappa shape index (κ1) is 27.6. The van der Waals surface area contributed by atoms with Gasteiger partial charge in [-0.05, 0) is 62.4 Å². The van der Waals surface area contributed by atoms with Crippen molar-refractivity contribution in [2.45, 2.75) is 13.8 Å². The average Bonchev–Trinajstić information content (AvgIpc) is 2.93. The summed E-state index contributed by atoms with van der Waals surface area (Å²) in [6.45, 7) is 8.15. The second kappa shape index (κ2) is 12.4. The van der Waals surface area contributed by atoms with Crippen molar-refractivity contribution >= 4 is 52.1 Å². The minimum Gasteiger partial charge on any atom is -0.495 e. The molecule has 38 heavy (non-hydrogen) atoms. The van der Waals surface area contributed by atoms with E-state index in [4.69, 9.17) is 27.9 Å². The Morgan fingerprint density at radius 3 is 2.08 bits per heavy atom. The monoisotopic (exact) mass is 554 g/mol. The van der Waals surface area contributed by atoms with Gasteiger partial charge in [-0.2, -0.15) is 0 Å². The van der Waals surface area contributed by atoms with Crippen molar-refractivity contribution in [2.75, 3.05) is 61.5 Å². The second-order valence-corrected chi connectivity index (χ2v) is 9.84. The van der Waals surface area contributed by atoms with Gasteiger partial charge in [0.1, 0.15) is 5.75 Å². The Labute approximate surface area is 233 Å². The van der Waals surface area contributed by atoms with Gasteiger partial charge in [0.15, 0.2) is 0 Å². The zero-order chi connectivity index (χ0) is 27.2. The summed E-state index contributed by atoms with van der Waals surface area (Å²) in [6.07, 6.45) is 0. The van der Waals surface area contributed by atoms with E-state index in [1.807, 2.05) is 44.2 Å². The van der Waals surface area contributed by atoms with Crippen LogP contribution in [0.25, 0.3) is 0 Å². The maximum atomic E-state index is 13.6. The summed E-state index contributed by atoms with van der Waals surface area (Å²) < 4.78 is 5.55. The van der Waals surface area contributed by atoms with Crippen LogP contribution in [0.5, 0.6) is 5.75 Å². The topological polar surface area (TPSA) is 65.1 Å². The van der Waals surface area contributed by atoms with Crippen LogP contribution in [0.1, 0.15) is 34.6 Å². The second-order valence-electron chi connectivity index (χ2n) is 8.97. The van der Waals surface area contributed by atoms with Crippen LogP contribution in [0, 0.1) is 0 Å². The number of hydrogen-bond acceptors (Lipinski definition) is 5. The minimum atomic E-state index is -0.353. The Morgan fingerprint density at radius 2 is 1.47 bits per heavy atom. The number of carbonyl (C=O) groups excluding carboxylic acids is 2. The van der Waals surface area contributed by atoms with Gasteiger partial charge in [-0.25, -0.2) is 0 Å². The van der Waals surface area contributed by atoms with Gasteiger partial charge in [-0.15, -0.1) is 0 Å². The maximum Gasteiger partial charge on any atom is 0.256 e. The van der Waals surface area contributed by atoms with E-state index in [0.29, 0.717) is 39.9 Å². The molecule has 4 rings (SSSR count). The molecule has 2 amide bonds. The molecule has 0 saturated carbocycles. The van der Waals surface area contributed by atoms with Crippen molar-refractivity contribution < 1.29 is 14.3 Å². The third kappa shape index (κ3) is 6.17. The minimum absolute atomic E-state index is 0.0703. The number of benzene rings is 3. The van der Waals surface area contributed by atoms with E-state index in [0.717, 1.165) is 43.3 Å². The van der Waals surface area contributed by atoms with Crippen LogP contribution in [0.4, 0.5) is 17.1 Å². The van der Waals surface area contributed by atoms with Gasteiger partial charge in [0.05, 0.1) is 18.4 Å². The van der Waals surface area contributed by atoms with E-state index < -0.39 is 0 Å². The summed E-state index contributed by atoms with van der Waals surface area (Å²) in [4.78, 5) is 32.8. The number of nitrogens with one attached hydrogen (secondary N) is 1. The van der Waals surface area contributed by atoms with Gasteiger partial charge < -0.3 is 24.8 Å². The number of nitrogens with zero attached hydrogens (tertiary/aromatic N) is 3. The lowest BCUT2D eigenvalue weighted by Gasteiger charge is -2.38. The molecule has 1 N–H and O–H groups in total. The molecule has 3 aromatic carbocycles. The molecule has 0 bridgehead atoms. The van der Waals surface area contributed by atoms with Crippen LogP contribution in [-0.4, -0.2) is 63.1 Å². The molecule has 0 aliphatic carbocycles. The van der Waals surface area contributed by atoms with Gasteiger partial charge in [0.25, 0.3) is 11.8 Å². The Hall–Kier alpha value is -3.42. The summed E-state index contributed by atoms with van der Waals surface area (Å²) in [5.41, 5.74) is 3.34. The van der Waals surface area contributed by atoms with Crippen molar-refractivity contribution in [2.24, 2.45) is 0 Å². The van der Waals surface area contributed by atoms with Crippen LogP contribution in [-0.2, 0) is 0 Å². The lowest BCUT2D eigenvalue weighted by molar-refractivity contribution is 0.0773. The molecule has 3 aromatic rings. The number of amides is 2. The van der Waals surface area contributed by atoms with Crippen LogP contribution in [0.3, 0.4) is 0 Å². The first-order valence-electron chi connectivity index (χ1n) is 12.7. The van der Waals surface area contributed by atoms with Crippen molar-refractivity contribution in [1.29, 1.82) is 0 Å². The Kier molecular flexibility index (Phi) is 9.02. The molecule has 1 aliphatic heterocycles. The average molecular weight is 556 g/mol. The number of rotatable bonds is 8. The van der Waals surface area contributed by atoms with Gasteiger partial charge >= 0.3 is 0 Å². The maximum absolute atomic E-state index is 13.6. The SMILES string of the molecule is CCN(CC)C(=O)c1cc(NC(=O)c2cc(Cl)cc(Cl)c2)ccc1N1CCN(c2ccccc2OC)CC1. The van der Waals surface area contributed by atoms with Crippen molar-refractivity contribution in [3.05, 3.63) is 81.8 Å². The standard InChI is InChI=1S/C29H32Cl2N4O3/c1-4-33(5-2)29(37)24-19-23(32-28(36)20-16-21(30)18-22(31)17-20)10-11-25(24)34-12-14-35(15-13-34)26-8-6-7-9-27(26)38-3/h6-11,16-19H,4-5,12-15H2,1-3H3,(H,32,36). The van der Waals surface area contributed by atoms with Crippen molar-refractivity contribution in [3.63, 3.8) is 0 Å². The highest BCUT2D eigenvalue weighted by Crippen LogP contribution is 2.31. The van der Waals surface area contributed by atoms with Crippen molar-refractivity contribution in [3.8, 4) is 5.75 Å². The van der Waals surface area contributed by atoms with Gasteiger partial charge in [0, 0.05) is 66.3 Å². The largest absolute Gasteiger partial charge is 0.495 e. The molecule has 0 aromatic heterocycles. The van der Waals surface area contributed by atoms with Gasteiger partial charge in [-0.1, -0.05) is 35.3 Å². The number of halogens is 2. The number of para-hydroxylation sites is 2. The molecule has 1 fully saturated rings. The van der Waals surface area contributed by atoms with E-state index >= 15 is 0 Å². The van der Waals surface area contributed by atoms with E-state index in [9.17, 15) is 9.59 Å². The fraction of sp³-hybridized carbons (Fsp3) is 0.310. The molecule has 1 aliphatic rings. The third-order valence-corrected chi connectivity index (χ3v) is 7.14. The Bertz CT molecular complexity index is 1280. The molecular weight excluding hydrogens is 523 g/mol. The molecule has 9 heteroatoms. The van der Waals surface area contributed by atoms with E-state index in [-0.39, 0.29) is 11.8 Å². The molecule has 7 nitrogen and oxygen atoms in total. The van der Waals surface area contributed by atoms with E-state index in [1.165, 1.54) is 0 Å². The Balaban J connectivity index is 1.59. The van der Waals surface area contributed by atoms with Crippen LogP contribution < -0.4 is 19.9 Å². The quantitative estimate of drug-likeness (QED) is 0.366. The Morgan fingerprint density at radius 1 is 0.868 bits per heavy atom. The molecule has 0 unspecified atom stereocenters. The normalized spacial score (nSPS) is 13.3. The number of methoxy groups -OCH3 is 1. The van der Waals surface area contributed by atoms with Crippen LogP contribution in [0.2, 0.25) is 10.0 Å². The first-order valence-corrected chi connectivity index (χ1v) is 13.4. The van der Waals surface area contributed by atoms with Gasteiger partial charge in [-0.3, -0.25) is 9.59 Å². The highest BCUT2D eigenvalue weighted by Gasteiger charge is 2.25. The number of anilines is 3. The number of hydrogen-bond donors (Lipinski definition) is 1. The summed E-state index contributed by atoms with van der Waals surface area (Å²) in [5.74, 6) is 0.423.